The van der Waals surface area contributed by atoms with Crippen LogP contribution in [0.15, 0.2) is 36.5 Å². The number of amides is 1. The number of nitrogens with zero attached hydrogens (tertiary/aromatic N) is 2. The molecule has 1 aliphatic heterocycles. The van der Waals surface area contributed by atoms with Gasteiger partial charge in [0.1, 0.15) is 5.82 Å². The predicted molar refractivity (Wildman–Crippen MR) is 106 cm³/mol. The van der Waals surface area contributed by atoms with Crippen LogP contribution in [-0.2, 0) is 24.1 Å². The normalized spacial score (nSPS) is 21.8. The quantitative estimate of drug-likeness (QED) is 0.905. The van der Waals surface area contributed by atoms with Crippen molar-refractivity contribution in [3.8, 4) is 0 Å². The molecule has 0 radical (unpaired) electrons. The van der Waals surface area contributed by atoms with Gasteiger partial charge in [-0.25, -0.2) is 4.98 Å². The first-order valence-corrected chi connectivity index (χ1v) is 9.84. The molecule has 2 atom stereocenters. The fourth-order valence-electron chi connectivity index (χ4n) is 4.07. The number of pyridine rings is 1. The Morgan fingerprint density at radius 3 is 2.67 bits per heavy atom. The molecule has 1 amide bonds. The maximum atomic E-state index is 12.5. The maximum absolute atomic E-state index is 12.5. The average molecular weight is 365 g/mol. The molecule has 2 heterocycles. The molecule has 1 aromatic heterocycles. The molecular formula is C22H27N3O2. The first-order valence-electron chi connectivity index (χ1n) is 9.84. The van der Waals surface area contributed by atoms with Gasteiger partial charge in [0.25, 0.3) is 5.91 Å². The largest absolute Gasteiger partial charge is 0.372 e. The molecule has 5 heteroatoms. The minimum Gasteiger partial charge on any atom is -0.372 e. The van der Waals surface area contributed by atoms with Crippen LogP contribution in [-0.4, -0.2) is 36.2 Å². The third-order valence-electron chi connectivity index (χ3n) is 5.37. The highest BCUT2D eigenvalue weighted by atomic mass is 16.5. The number of carbonyl (C=O) groups excluding carboxylic acids is 1. The second-order valence-electron chi connectivity index (χ2n) is 7.71. The van der Waals surface area contributed by atoms with Crippen molar-refractivity contribution in [2.24, 2.45) is 0 Å². The number of fused-ring (bicyclic) bond motifs is 1. The van der Waals surface area contributed by atoms with Crippen molar-refractivity contribution in [1.29, 1.82) is 0 Å². The van der Waals surface area contributed by atoms with Crippen LogP contribution in [0, 0.1) is 0 Å². The molecule has 5 nitrogen and oxygen atoms in total. The molecule has 142 valence electrons. The number of nitrogens with one attached hydrogen (secondary N) is 1. The molecule has 1 saturated heterocycles. The maximum Gasteiger partial charge on any atom is 0.251 e. The van der Waals surface area contributed by atoms with E-state index in [0.717, 1.165) is 42.9 Å². The van der Waals surface area contributed by atoms with Gasteiger partial charge in [0.05, 0.1) is 12.2 Å². The summed E-state index contributed by atoms with van der Waals surface area (Å²) in [5.74, 6) is 0.940. The smallest absolute Gasteiger partial charge is 0.251 e. The Balaban J connectivity index is 1.35. The van der Waals surface area contributed by atoms with Crippen LogP contribution in [0.5, 0.6) is 0 Å². The minimum absolute atomic E-state index is 0.0235. The summed E-state index contributed by atoms with van der Waals surface area (Å²) >= 11 is 0. The Labute approximate surface area is 160 Å². The van der Waals surface area contributed by atoms with E-state index in [-0.39, 0.29) is 18.1 Å². The minimum atomic E-state index is -0.0235. The summed E-state index contributed by atoms with van der Waals surface area (Å²) < 4.78 is 5.78. The molecule has 2 aliphatic rings. The molecule has 0 spiro atoms. The van der Waals surface area contributed by atoms with E-state index in [4.69, 9.17) is 4.74 Å². The fraction of sp³-hybridized carbons (Fsp3) is 0.455. The van der Waals surface area contributed by atoms with E-state index in [1.807, 2.05) is 30.5 Å². The van der Waals surface area contributed by atoms with E-state index in [2.05, 4.69) is 35.1 Å². The standard InChI is InChI=1S/C22H27N3O2/c1-15-13-25(14-16(2)27-15)21-9-6-17(11-23-21)12-24-22(26)20-8-7-18-4-3-5-19(18)10-20/h6-11,15-16H,3-5,12-14H2,1-2H3,(H,24,26)/t15-,16-/m1/s1. The summed E-state index contributed by atoms with van der Waals surface area (Å²) in [5.41, 5.74) is 4.46. The number of hydrogen-bond acceptors (Lipinski definition) is 4. The first-order chi connectivity index (χ1) is 13.1. The lowest BCUT2D eigenvalue weighted by Gasteiger charge is -2.36. The Bertz CT molecular complexity index is 809. The van der Waals surface area contributed by atoms with E-state index in [1.165, 1.54) is 17.5 Å². The van der Waals surface area contributed by atoms with Crippen LogP contribution in [0.4, 0.5) is 5.82 Å². The number of benzene rings is 1. The molecule has 1 aliphatic carbocycles. The van der Waals surface area contributed by atoms with Crippen LogP contribution in [0.1, 0.15) is 47.3 Å². The van der Waals surface area contributed by atoms with Crippen molar-refractivity contribution in [1.82, 2.24) is 10.3 Å². The third-order valence-corrected chi connectivity index (χ3v) is 5.37. The monoisotopic (exact) mass is 365 g/mol. The second kappa shape index (κ2) is 7.69. The van der Waals surface area contributed by atoms with Crippen LogP contribution in [0.25, 0.3) is 0 Å². The van der Waals surface area contributed by atoms with E-state index in [1.54, 1.807) is 0 Å². The number of aromatic nitrogens is 1. The molecule has 0 unspecified atom stereocenters. The Kier molecular flexibility index (Phi) is 5.12. The van der Waals surface area contributed by atoms with E-state index >= 15 is 0 Å². The van der Waals surface area contributed by atoms with Crippen LogP contribution >= 0.6 is 0 Å². The lowest BCUT2D eigenvalue weighted by Crippen LogP contribution is -2.45. The predicted octanol–water partition coefficient (Wildman–Crippen LogP) is 3.11. The number of hydrogen-bond donors (Lipinski definition) is 1. The van der Waals surface area contributed by atoms with E-state index < -0.39 is 0 Å². The molecule has 1 fully saturated rings. The van der Waals surface area contributed by atoms with Crippen molar-refractivity contribution in [3.63, 3.8) is 0 Å². The van der Waals surface area contributed by atoms with Crippen molar-refractivity contribution in [2.45, 2.75) is 51.9 Å². The second-order valence-corrected chi connectivity index (χ2v) is 7.71. The van der Waals surface area contributed by atoms with Gasteiger partial charge < -0.3 is 15.0 Å². The van der Waals surface area contributed by atoms with Crippen LogP contribution in [0.3, 0.4) is 0 Å². The average Bonchev–Trinajstić information content (AvgIpc) is 3.13. The number of aryl methyl sites for hydroxylation is 2. The van der Waals surface area contributed by atoms with E-state index in [0.29, 0.717) is 6.54 Å². The molecule has 1 N–H and O–H groups in total. The lowest BCUT2D eigenvalue weighted by atomic mass is 10.1. The summed E-state index contributed by atoms with van der Waals surface area (Å²) in [6.07, 6.45) is 5.68. The fourth-order valence-corrected chi connectivity index (χ4v) is 4.07. The molecule has 27 heavy (non-hydrogen) atoms. The van der Waals surface area contributed by atoms with Crippen molar-refractivity contribution in [2.75, 3.05) is 18.0 Å². The summed E-state index contributed by atoms with van der Waals surface area (Å²) in [6, 6.07) is 10.1. The van der Waals surface area contributed by atoms with Gasteiger partial charge in [-0.05, 0) is 68.0 Å². The Morgan fingerprint density at radius 2 is 1.93 bits per heavy atom. The van der Waals surface area contributed by atoms with Gasteiger partial charge in [0.2, 0.25) is 0 Å². The Morgan fingerprint density at radius 1 is 1.15 bits per heavy atom. The number of anilines is 1. The van der Waals surface area contributed by atoms with Gasteiger partial charge in [-0.3, -0.25) is 4.79 Å². The van der Waals surface area contributed by atoms with Gasteiger partial charge in [-0.1, -0.05) is 12.1 Å². The summed E-state index contributed by atoms with van der Waals surface area (Å²) in [5, 5.41) is 3.01. The van der Waals surface area contributed by atoms with Gasteiger partial charge >= 0.3 is 0 Å². The first kappa shape index (κ1) is 18.0. The highest BCUT2D eigenvalue weighted by Crippen LogP contribution is 2.23. The third kappa shape index (κ3) is 4.14. The van der Waals surface area contributed by atoms with Gasteiger partial charge in [-0.15, -0.1) is 0 Å². The van der Waals surface area contributed by atoms with E-state index in [9.17, 15) is 4.79 Å². The molecule has 0 bridgehead atoms. The summed E-state index contributed by atoms with van der Waals surface area (Å²) in [4.78, 5) is 19.3. The SMILES string of the molecule is C[C@@H]1CN(c2ccc(CNC(=O)c3ccc4c(c3)CCC4)cn2)C[C@@H](C)O1. The van der Waals surface area contributed by atoms with Crippen LogP contribution in [0.2, 0.25) is 0 Å². The van der Waals surface area contributed by atoms with Crippen LogP contribution < -0.4 is 10.2 Å². The highest BCUT2D eigenvalue weighted by molar-refractivity contribution is 5.94. The zero-order valence-electron chi connectivity index (χ0n) is 16.1. The van der Waals surface area contributed by atoms with Crippen molar-refractivity contribution >= 4 is 11.7 Å². The van der Waals surface area contributed by atoms with Gasteiger partial charge in [0, 0.05) is 31.4 Å². The lowest BCUT2D eigenvalue weighted by molar-refractivity contribution is -0.00546. The molecule has 0 saturated carbocycles. The molecular weight excluding hydrogens is 338 g/mol. The topological polar surface area (TPSA) is 54.5 Å². The summed E-state index contributed by atoms with van der Waals surface area (Å²) in [7, 11) is 0. The number of carbonyl (C=O) groups is 1. The van der Waals surface area contributed by atoms with Gasteiger partial charge in [-0.2, -0.15) is 0 Å². The molecule has 2 aromatic rings. The molecule has 4 rings (SSSR count). The number of morpholine rings is 1. The number of ether oxygens (including phenoxy) is 1. The summed E-state index contributed by atoms with van der Waals surface area (Å²) in [6.45, 7) is 6.37. The zero-order chi connectivity index (χ0) is 18.8. The van der Waals surface area contributed by atoms with Gasteiger partial charge in [0.15, 0.2) is 0 Å². The molecule has 1 aromatic carbocycles. The Hall–Kier alpha value is -2.40. The van der Waals surface area contributed by atoms with Crippen molar-refractivity contribution < 1.29 is 9.53 Å². The highest BCUT2D eigenvalue weighted by Gasteiger charge is 2.23. The number of rotatable bonds is 4. The zero-order valence-corrected chi connectivity index (χ0v) is 16.1. The van der Waals surface area contributed by atoms with Crippen molar-refractivity contribution in [3.05, 3.63) is 58.8 Å².